The maximum Gasteiger partial charge on any atom is 0.299 e. The lowest BCUT2D eigenvalue weighted by Gasteiger charge is -2.41. The third kappa shape index (κ3) is 4.88. The van der Waals surface area contributed by atoms with Crippen LogP contribution in [-0.2, 0) is 17.8 Å². The number of carbonyl (C=O) groups is 2. The summed E-state index contributed by atoms with van der Waals surface area (Å²) in [5.41, 5.74) is 4.78. The van der Waals surface area contributed by atoms with Crippen LogP contribution in [0.25, 0.3) is 10.9 Å². The number of fused-ring (bicyclic) bond motifs is 3. The second kappa shape index (κ2) is 10.8. The van der Waals surface area contributed by atoms with Crippen molar-refractivity contribution in [3.63, 3.8) is 0 Å². The summed E-state index contributed by atoms with van der Waals surface area (Å²) in [5, 5.41) is 4.14. The van der Waals surface area contributed by atoms with Crippen molar-refractivity contribution in [1.82, 2.24) is 24.8 Å². The Morgan fingerprint density at radius 1 is 1.19 bits per heavy atom. The number of aromatic nitrogens is 3. The number of para-hydroxylation sites is 1. The van der Waals surface area contributed by atoms with E-state index in [0.29, 0.717) is 18.7 Å². The molecule has 0 radical (unpaired) electrons. The van der Waals surface area contributed by atoms with Crippen LogP contribution in [0.3, 0.4) is 0 Å². The number of terminal acetylenes is 1. The van der Waals surface area contributed by atoms with E-state index in [1.807, 2.05) is 52.1 Å². The van der Waals surface area contributed by atoms with Crippen molar-refractivity contribution in [1.29, 1.82) is 0 Å². The van der Waals surface area contributed by atoms with Gasteiger partial charge in [0.15, 0.2) is 0 Å². The number of hydrogen-bond acceptors (Lipinski definition) is 3. The van der Waals surface area contributed by atoms with Crippen LogP contribution in [0.1, 0.15) is 59.4 Å². The summed E-state index contributed by atoms with van der Waals surface area (Å²) < 4.78 is 1.91. The van der Waals surface area contributed by atoms with Crippen molar-refractivity contribution in [3.8, 4) is 12.3 Å². The molecule has 2 aromatic heterocycles. The Kier molecular flexibility index (Phi) is 7.09. The molecule has 2 atom stereocenters. The van der Waals surface area contributed by atoms with Gasteiger partial charge in [0.1, 0.15) is 0 Å². The fraction of sp³-hybridized carbons (Fsp3) is 0.300. The van der Waals surface area contributed by atoms with Crippen LogP contribution in [0.5, 0.6) is 0 Å². The molecule has 1 aliphatic heterocycles. The SMILES string of the molecule is C#CC(=O)N1[C@@H](CCCC)Cc2c([nH]c3ccccc23)[C@@H]1c1ccc(C(=O)NCCn2ccnc2)cc1. The van der Waals surface area contributed by atoms with Crippen molar-refractivity contribution in [2.24, 2.45) is 0 Å². The molecule has 3 heterocycles. The predicted molar refractivity (Wildman–Crippen MR) is 144 cm³/mol. The monoisotopic (exact) mass is 493 g/mol. The highest BCUT2D eigenvalue weighted by Gasteiger charge is 2.39. The molecule has 0 saturated heterocycles. The minimum absolute atomic E-state index is 0.00589. The van der Waals surface area contributed by atoms with Gasteiger partial charge in [-0.25, -0.2) is 4.98 Å². The van der Waals surface area contributed by atoms with E-state index >= 15 is 0 Å². The number of H-pyrrole nitrogens is 1. The molecule has 2 N–H and O–H groups in total. The molecular formula is C30H31N5O2. The molecule has 0 fully saturated rings. The van der Waals surface area contributed by atoms with Crippen LogP contribution in [0.15, 0.2) is 67.3 Å². The van der Waals surface area contributed by atoms with Crippen LogP contribution in [0, 0.1) is 12.3 Å². The van der Waals surface area contributed by atoms with Crippen LogP contribution in [0.4, 0.5) is 0 Å². The number of benzene rings is 2. The second-order valence-corrected chi connectivity index (χ2v) is 9.50. The van der Waals surface area contributed by atoms with Crippen LogP contribution >= 0.6 is 0 Å². The van der Waals surface area contributed by atoms with Crippen molar-refractivity contribution in [3.05, 3.63) is 89.6 Å². The smallest absolute Gasteiger partial charge is 0.299 e. The van der Waals surface area contributed by atoms with Crippen molar-refractivity contribution in [2.45, 2.75) is 51.2 Å². The van der Waals surface area contributed by atoms with E-state index in [9.17, 15) is 9.59 Å². The molecule has 1 aliphatic rings. The number of imidazole rings is 1. The van der Waals surface area contributed by atoms with Gasteiger partial charge < -0.3 is 19.8 Å². The molecule has 5 rings (SSSR count). The lowest BCUT2D eigenvalue weighted by atomic mass is 9.86. The summed E-state index contributed by atoms with van der Waals surface area (Å²) in [5.74, 6) is 1.92. The highest BCUT2D eigenvalue weighted by atomic mass is 16.2. The van der Waals surface area contributed by atoms with E-state index in [1.54, 1.807) is 12.5 Å². The van der Waals surface area contributed by atoms with E-state index in [0.717, 1.165) is 42.5 Å². The van der Waals surface area contributed by atoms with Crippen molar-refractivity contribution < 1.29 is 9.59 Å². The standard InChI is InChI=1S/C30H31N5O2/c1-3-5-8-23-19-25-24-9-6-7-10-26(24)33-28(25)29(35(23)27(36)4-2)21-11-13-22(14-12-21)30(37)32-16-18-34-17-15-31-20-34/h2,6-7,9-15,17,20,23,29,33H,3,5,8,16,18-19H2,1H3,(H,32,37)/t23-,29-/m0/s1. The van der Waals surface area contributed by atoms with Gasteiger partial charge in [-0.05, 0) is 48.1 Å². The average molecular weight is 494 g/mol. The molecule has 2 amide bonds. The number of nitrogens with one attached hydrogen (secondary N) is 2. The first-order chi connectivity index (χ1) is 18.1. The fourth-order valence-corrected chi connectivity index (χ4v) is 5.36. The second-order valence-electron chi connectivity index (χ2n) is 9.50. The van der Waals surface area contributed by atoms with Gasteiger partial charge in [-0.15, -0.1) is 6.42 Å². The van der Waals surface area contributed by atoms with Crippen molar-refractivity contribution in [2.75, 3.05) is 6.54 Å². The molecule has 0 bridgehead atoms. The topological polar surface area (TPSA) is 83.0 Å². The van der Waals surface area contributed by atoms with Gasteiger partial charge in [-0.2, -0.15) is 0 Å². The van der Waals surface area contributed by atoms with Crippen LogP contribution in [0.2, 0.25) is 0 Å². The molecule has 7 heteroatoms. The highest BCUT2D eigenvalue weighted by Crippen LogP contribution is 2.42. The molecule has 0 aliphatic carbocycles. The summed E-state index contributed by atoms with van der Waals surface area (Å²) >= 11 is 0. The Morgan fingerprint density at radius 2 is 2.00 bits per heavy atom. The third-order valence-electron chi connectivity index (χ3n) is 7.18. The molecule has 37 heavy (non-hydrogen) atoms. The summed E-state index contributed by atoms with van der Waals surface area (Å²) in [4.78, 5) is 35.3. The number of carbonyl (C=O) groups excluding carboxylic acids is 2. The van der Waals surface area contributed by atoms with Crippen LogP contribution in [-0.4, -0.2) is 43.8 Å². The molecule has 0 spiro atoms. The third-order valence-corrected chi connectivity index (χ3v) is 7.18. The molecule has 0 unspecified atom stereocenters. The minimum Gasteiger partial charge on any atom is -0.356 e. The quantitative estimate of drug-likeness (QED) is 0.356. The molecule has 0 saturated carbocycles. The Balaban J connectivity index is 1.46. The zero-order valence-electron chi connectivity index (χ0n) is 21.0. The summed E-state index contributed by atoms with van der Waals surface area (Å²) in [6.07, 6.45) is 14.7. The van der Waals surface area contributed by atoms with Gasteiger partial charge in [-0.1, -0.05) is 50.1 Å². The van der Waals surface area contributed by atoms with Crippen LogP contribution < -0.4 is 5.32 Å². The van der Waals surface area contributed by atoms with E-state index < -0.39 is 0 Å². The normalized spacial score (nSPS) is 16.8. The van der Waals surface area contributed by atoms with Gasteiger partial charge in [0.25, 0.3) is 11.8 Å². The zero-order chi connectivity index (χ0) is 25.8. The van der Waals surface area contributed by atoms with E-state index in [2.05, 4.69) is 40.3 Å². The number of hydrogen-bond donors (Lipinski definition) is 2. The average Bonchev–Trinajstić information content (AvgIpc) is 3.58. The number of rotatable bonds is 8. The Labute approximate surface area is 216 Å². The zero-order valence-corrected chi connectivity index (χ0v) is 21.0. The Hall–Kier alpha value is -4.31. The largest absolute Gasteiger partial charge is 0.356 e. The molecule has 188 valence electrons. The molecule has 4 aromatic rings. The first-order valence-electron chi connectivity index (χ1n) is 12.8. The first-order valence-corrected chi connectivity index (χ1v) is 12.8. The van der Waals surface area contributed by atoms with Gasteiger partial charge in [-0.3, -0.25) is 9.59 Å². The lowest BCUT2D eigenvalue weighted by molar-refractivity contribution is -0.130. The number of nitrogens with zero attached hydrogens (tertiary/aromatic N) is 3. The number of aromatic amines is 1. The number of unbranched alkanes of at least 4 members (excludes halogenated alkanes) is 1. The summed E-state index contributed by atoms with van der Waals surface area (Å²) in [6, 6.07) is 15.4. The lowest BCUT2D eigenvalue weighted by Crippen LogP contribution is -2.47. The fourth-order valence-electron chi connectivity index (χ4n) is 5.36. The molecule has 7 nitrogen and oxygen atoms in total. The summed E-state index contributed by atoms with van der Waals surface area (Å²) in [6.45, 7) is 3.31. The highest BCUT2D eigenvalue weighted by molar-refractivity contribution is 5.95. The van der Waals surface area contributed by atoms with Gasteiger partial charge in [0.2, 0.25) is 0 Å². The maximum absolute atomic E-state index is 13.1. The summed E-state index contributed by atoms with van der Waals surface area (Å²) in [7, 11) is 0. The first kappa shape index (κ1) is 24.4. The van der Waals surface area contributed by atoms with Gasteiger partial charge in [0.05, 0.1) is 12.4 Å². The molecule has 2 aromatic carbocycles. The predicted octanol–water partition coefficient (Wildman–Crippen LogP) is 4.46. The minimum atomic E-state index is -0.347. The van der Waals surface area contributed by atoms with E-state index in [-0.39, 0.29) is 23.9 Å². The van der Waals surface area contributed by atoms with Gasteiger partial charge >= 0.3 is 0 Å². The molecular weight excluding hydrogens is 462 g/mol. The number of amides is 2. The maximum atomic E-state index is 13.1. The Morgan fingerprint density at radius 3 is 2.73 bits per heavy atom. The van der Waals surface area contributed by atoms with Gasteiger partial charge in [0, 0.05) is 53.7 Å². The van der Waals surface area contributed by atoms with E-state index in [4.69, 9.17) is 6.42 Å². The van der Waals surface area contributed by atoms with E-state index in [1.165, 1.54) is 10.9 Å². The Bertz CT molecular complexity index is 1430. The van der Waals surface area contributed by atoms with Crippen molar-refractivity contribution >= 4 is 22.7 Å².